The van der Waals surface area contributed by atoms with E-state index in [0.717, 1.165) is 25.8 Å². The molecule has 0 atom stereocenters. The van der Waals surface area contributed by atoms with E-state index in [-0.39, 0.29) is 6.61 Å². The van der Waals surface area contributed by atoms with Gasteiger partial charge in [-0.2, -0.15) is 0 Å². The summed E-state index contributed by atoms with van der Waals surface area (Å²) in [7, 11) is 0. The minimum atomic E-state index is 0.262. The van der Waals surface area contributed by atoms with Crippen molar-refractivity contribution in [1.82, 2.24) is 10.9 Å². The first kappa shape index (κ1) is 10.9. The van der Waals surface area contributed by atoms with Crippen LogP contribution >= 0.6 is 0 Å². The Morgan fingerprint density at radius 2 is 1.91 bits per heavy atom. The van der Waals surface area contributed by atoms with Crippen molar-refractivity contribution in [1.29, 1.82) is 0 Å². The van der Waals surface area contributed by atoms with Crippen LogP contribution in [0.3, 0.4) is 0 Å². The van der Waals surface area contributed by atoms with Gasteiger partial charge in [0.15, 0.2) is 0 Å². The zero-order valence-corrected chi connectivity index (χ0v) is 7.56. The van der Waals surface area contributed by atoms with Crippen LogP contribution in [0.4, 0.5) is 0 Å². The van der Waals surface area contributed by atoms with Crippen LogP contribution in [0.25, 0.3) is 0 Å². The summed E-state index contributed by atoms with van der Waals surface area (Å²) in [5.74, 6) is 0. The number of aliphatic hydroxyl groups is 1. The van der Waals surface area contributed by atoms with Crippen molar-refractivity contribution >= 4 is 0 Å². The van der Waals surface area contributed by atoms with Crippen molar-refractivity contribution in [3.63, 3.8) is 0 Å². The van der Waals surface area contributed by atoms with Gasteiger partial charge in [0, 0.05) is 19.2 Å². The SMILES string of the molecule is CCC(CC)NNCCCO. The molecule has 0 fully saturated rings. The lowest BCUT2D eigenvalue weighted by Gasteiger charge is -2.14. The maximum atomic E-state index is 8.48. The van der Waals surface area contributed by atoms with E-state index >= 15 is 0 Å². The molecule has 68 valence electrons. The van der Waals surface area contributed by atoms with E-state index < -0.39 is 0 Å². The first-order chi connectivity index (χ1) is 5.35. The molecule has 0 aliphatic heterocycles. The maximum Gasteiger partial charge on any atom is 0.0443 e. The molecule has 0 amide bonds. The predicted octanol–water partition coefficient (Wildman–Crippen LogP) is 0.652. The molecule has 0 heterocycles. The number of rotatable bonds is 7. The summed E-state index contributed by atoms with van der Waals surface area (Å²) < 4.78 is 0. The molecule has 0 aliphatic rings. The molecule has 0 bridgehead atoms. The third kappa shape index (κ3) is 6.28. The van der Waals surface area contributed by atoms with Gasteiger partial charge in [0.05, 0.1) is 0 Å². The average Bonchev–Trinajstić information content (AvgIpc) is 2.05. The van der Waals surface area contributed by atoms with Crippen molar-refractivity contribution < 1.29 is 5.11 Å². The van der Waals surface area contributed by atoms with E-state index in [1.807, 2.05) is 0 Å². The Morgan fingerprint density at radius 3 is 2.36 bits per heavy atom. The van der Waals surface area contributed by atoms with E-state index in [2.05, 4.69) is 24.7 Å². The fourth-order valence-corrected chi connectivity index (χ4v) is 0.877. The molecule has 0 unspecified atom stereocenters. The molecule has 3 nitrogen and oxygen atoms in total. The van der Waals surface area contributed by atoms with Crippen LogP contribution in [0.5, 0.6) is 0 Å². The predicted molar refractivity (Wildman–Crippen MR) is 47.2 cm³/mol. The summed E-state index contributed by atoms with van der Waals surface area (Å²) in [5.41, 5.74) is 6.27. The molecule has 3 N–H and O–H groups in total. The molecular formula is C8H20N2O. The van der Waals surface area contributed by atoms with Gasteiger partial charge in [-0.3, -0.25) is 10.9 Å². The highest BCUT2D eigenvalue weighted by atomic mass is 16.3. The quantitative estimate of drug-likeness (QED) is 0.378. The summed E-state index contributed by atoms with van der Waals surface area (Å²) in [5, 5.41) is 8.48. The second-order valence-electron chi connectivity index (χ2n) is 2.66. The third-order valence-corrected chi connectivity index (χ3v) is 1.75. The van der Waals surface area contributed by atoms with Crippen molar-refractivity contribution in [2.75, 3.05) is 13.2 Å². The summed E-state index contributed by atoms with van der Waals surface area (Å²) in [6.07, 6.45) is 3.10. The topological polar surface area (TPSA) is 44.3 Å². The molecule has 0 aromatic heterocycles. The van der Waals surface area contributed by atoms with E-state index in [1.54, 1.807) is 0 Å². The Labute approximate surface area is 69.2 Å². The first-order valence-corrected chi connectivity index (χ1v) is 4.44. The normalized spacial score (nSPS) is 10.9. The molecule has 0 aliphatic carbocycles. The highest BCUT2D eigenvalue weighted by molar-refractivity contribution is 4.58. The fraction of sp³-hybridized carbons (Fsp3) is 1.00. The number of aliphatic hydroxyl groups excluding tert-OH is 1. The maximum absolute atomic E-state index is 8.48. The van der Waals surface area contributed by atoms with Crippen LogP contribution < -0.4 is 10.9 Å². The Hall–Kier alpha value is -0.120. The van der Waals surface area contributed by atoms with E-state index in [4.69, 9.17) is 5.11 Å². The molecule has 11 heavy (non-hydrogen) atoms. The average molecular weight is 160 g/mol. The number of nitrogens with one attached hydrogen (secondary N) is 2. The Bertz CT molecular complexity index is 74.5. The van der Waals surface area contributed by atoms with Crippen molar-refractivity contribution in [2.24, 2.45) is 0 Å². The Kier molecular flexibility index (Phi) is 7.89. The van der Waals surface area contributed by atoms with Crippen LogP contribution in [0, 0.1) is 0 Å². The minimum Gasteiger partial charge on any atom is -0.396 e. The molecule has 0 saturated heterocycles. The van der Waals surface area contributed by atoms with Gasteiger partial charge in [0.2, 0.25) is 0 Å². The molecule has 0 aromatic carbocycles. The van der Waals surface area contributed by atoms with Gasteiger partial charge in [-0.1, -0.05) is 13.8 Å². The molecular weight excluding hydrogens is 140 g/mol. The number of hydrazine groups is 1. The van der Waals surface area contributed by atoms with Gasteiger partial charge in [-0.25, -0.2) is 0 Å². The van der Waals surface area contributed by atoms with Crippen molar-refractivity contribution in [2.45, 2.75) is 39.2 Å². The highest BCUT2D eigenvalue weighted by Gasteiger charge is 1.99. The highest BCUT2D eigenvalue weighted by Crippen LogP contribution is 1.93. The molecule has 0 spiro atoms. The van der Waals surface area contributed by atoms with E-state index in [9.17, 15) is 0 Å². The fourth-order valence-electron chi connectivity index (χ4n) is 0.877. The second-order valence-corrected chi connectivity index (χ2v) is 2.66. The van der Waals surface area contributed by atoms with Crippen LogP contribution in [-0.4, -0.2) is 24.3 Å². The lowest BCUT2D eigenvalue weighted by molar-refractivity contribution is 0.278. The smallest absolute Gasteiger partial charge is 0.0443 e. The van der Waals surface area contributed by atoms with E-state index in [1.165, 1.54) is 0 Å². The standard InChI is InChI=1S/C8H20N2O/c1-3-8(4-2)10-9-6-5-7-11/h8-11H,3-7H2,1-2H3. The Balaban J connectivity index is 3.07. The van der Waals surface area contributed by atoms with Crippen LogP contribution in [0.2, 0.25) is 0 Å². The van der Waals surface area contributed by atoms with Gasteiger partial charge in [0.25, 0.3) is 0 Å². The monoisotopic (exact) mass is 160 g/mol. The van der Waals surface area contributed by atoms with Crippen LogP contribution in [0.15, 0.2) is 0 Å². The van der Waals surface area contributed by atoms with Gasteiger partial charge < -0.3 is 5.11 Å². The van der Waals surface area contributed by atoms with Crippen molar-refractivity contribution in [3.05, 3.63) is 0 Å². The van der Waals surface area contributed by atoms with Crippen LogP contribution in [0.1, 0.15) is 33.1 Å². The van der Waals surface area contributed by atoms with Gasteiger partial charge in [-0.05, 0) is 19.3 Å². The molecule has 3 heteroatoms. The van der Waals surface area contributed by atoms with Crippen molar-refractivity contribution in [3.8, 4) is 0 Å². The van der Waals surface area contributed by atoms with Gasteiger partial charge >= 0.3 is 0 Å². The second kappa shape index (κ2) is 7.98. The van der Waals surface area contributed by atoms with Gasteiger partial charge in [-0.15, -0.1) is 0 Å². The first-order valence-electron chi connectivity index (χ1n) is 4.44. The number of hydrogen-bond acceptors (Lipinski definition) is 3. The summed E-state index contributed by atoms with van der Waals surface area (Å²) in [6, 6.07) is 0.564. The summed E-state index contributed by atoms with van der Waals surface area (Å²) >= 11 is 0. The van der Waals surface area contributed by atoms with Gasteiger partial charge in [0.1, 0.15) is 0 Å². The lowest BCUT2D eigenvalue weighted by Crippen LogP contribution is -2.40. The lowest BCUT2D eigenvalue weighted by atomic mass is 10.2. The number of hydrogen-bond donors (Lipinski definition) is 3. The summed E-state index contributed by atoms with van der Waals surface area (Å²) in [4.78, 5) is 0. The zero-order valence-electron chi connectivity index (χ0n) is 7.56. The third-order valence-electron chi connectivity index (χ3n) is 1.75. The van der Waals surface area contributed by atoms with Crippen LogP contribution in [-0.2, 0) is 0 Å². The largest absolute Gasteiger partial charge is 0.396 e. The molecule has 0 saturated carbocycles. The molecule has 0 radical (unpaired) electrons. The Morgan fingerprint density at radius 1 is 1.27 bits per heavy atom. The minimum absolute atomic E-state index is 0.262. The molecule has 0 aromatic rings. The summed E-state index contributed by atoms with van der Waals surface area (Å²) in [6.45, 7) is 5.42. The molecule has 0 rings (SSSR count). The zero-order chi connectivity index (χ0) is 8.53. The van der Waals surface area contributed by atoms with E-state index in [0.29, 0.717) is 6.04 Å².